The number of H-pyrrole nitrogens is 1. The van der Waals surface area contributed by atoms with Crippen LogP contribution in [0.25, 0.3) is 0 Å². The van der Waals surface area contributed by atoms with Gasteiger partial charge in [-0.25, -0.2) is 13.6 Å². The third kappa shape index (κ3) is 3.36. The van der Waals surface area contributed by atoms with Gasteiger partial charge >= 0.3 is 0 Å². The van der Waals surface area contributed by atoms with Gasteiger partial charge in [0.25, 0.3) is 5.91 Å². The second-order valence-corrected chi connectivity index (χ2v) is 5.89. The zero-order valence-corrected chi connectivity index (χ0v) is 11.9. The second kappa shape index (κ2) is 5.51. The van der Waals surface area contributed by atoms with Crippen LogP contribution in [0.5, 0.6) is 0 Å². The van der Waals surface area contributed by atoms with Gasteiger partial charge in [0.2, 0.25) is 15.6 Å². The van der Waals surface area contributed by atoms with Gasteiger partial charge < -0.3 is 10.3 Å². The molecule has 0 spiro atoms. The van der Waals surface area contributed by atoms with Crippen LogP contribution in [0, 0.1) is 6.92 Å². The maximum Gasteiger partial charge on any atom is 0.272 e. The fourth-order valence-electron chi connectivity index (χ4n) is 1.83. The van der Waals surface area contributed by atoms with Gasteiger partial charge in [0.15, 0.2) is 0 Å². The Balaban J connectivity index is 2.37. The summed E-state index contributed by atoms with van der Waals surface area (Å²) in [6.07, 6.45) is 0. The summed E-state index contributed by atoms with van der Waals surface area (Å²) in [6, 6.07) is 8.53. The van der Waals surface area contributed by atoms with E-state index in [2.05, 4.69) is 10.3 Å². The summed E-state index contributed by atoms with van der Waals surface area (Å²) in [5.74, 6) is -0.553. The molecule has 21 heavy (non-hydrogen) atoms. The van der Waals surface area contributed by atoms with Crippen LogP contribution in [0.2, 0.25) is 0 Å². The number of nitrogens with two attached hydrogens (primary N) is 1. The minimum atomic E-state index is -3.87. The second-order valence-electron chi connectivity index (χ2n) is 4.36. The van der Waals surface area contributed by atoms with Crippen molar-refractivity contribution in [3.63, 3.8) is 0 Å². The predicted molar refractivity (Wildman–Crippen MR) is 77.6 cm³/mol. The van der Waals surface area contributed by atoms with Crippen molar-refractivity contribution in [3.8, 4) is 0 Å². The molecule has 0 bridgehead atoms. The highest BCUT2D eigenvalue weighted by molar-refractivity contribution is 7.89. The smallest absolute Gasteiger partial charge is 0.272 e. The molecule has 2 rings (SSSR count). The molecule has 0 saturated carbocycles. The number of amides is 1. The van der Waals surface area contributed by atoms with Gasteiger partial charge in [-0.15, -0.1) is 0 Å². The topological polar surface area (TPSA) is 122 Å². The van der Waals surface area contributed by atoms with Crippen LogP contribution >= 0.6 is 0 Å². The lowest BCUT2D eigenvalue weighted by Gasteiger charge is -2.11. The highest BCUT2D eigenvalue weighted by Gasteiger charge is 2.15. The Kier molecular flexibility index (Phi) is 3.92. The van der Waals surface area contributed by atoms with Crippen molar-refractivity contribution in [3.05, 3.63) is 58.0 Å². The van der Waals surface area contributed by atoms with Crippen LogP contribution in [-0.4, -0.2) is 19.3 Å². The van der Waals surface area contributed by atoms with E-state index in [0.717, 1.165) is 0 Å². The van der Waals surface area contributed by atoms with Crippen molar-refractivity contribution in [1.29, 1.82) is 0 Å². The molecule has 1 aromatic carbocycles. The summed E-state index contributed by atoms with van der Waals surface area (Å²) in [5, 5.41) is 7.64. The summed E-state index contributed by atoms with van der Waals surface area (Å²) in [4.78, 5) is 25.5. The molecule has 0 radical (unpaired) electrons. The average Bonchev–Trinajstić information content (AvgIpc) is 2.39. The van der Waals surface area contributed by atoms with Gasteiger partial charge in [0, 0.05) is 11.8 Å². The monoisotopic (exact) mass is 307 g/mol. The largest absolute Gasteiger partial charge is 0.320 e. The molecule has 1 amide bonds. The van der Waals surface area contributed by atoms with E-state index in [9.17, 15) is 18.0 Å². The van der Waals surface area contributed by atoms with Crippen LogP contribution < -0.4 is 16.0 Å². The standard InChI is InChI=1S/C13H13N3O4S/c1-8-9(4-2-6-11(8)21(14,19)20)16-13(18)10-5-3-7-12(17)15-10/h2-7H,1H3,(H,15,17)(H,16,18)(H2,14,19,20). The summed E-state index contributed by atoms with van der Waals surface area (Å²) in [6.45, 7) is 1.53. The van der Waals surface area contributed by atoms with E-state index >= 15 is 0 Å². The van der Waals surface area contributed by atoms with E-state index in [0.29, 0.717) is 11.3 Å². The molecule has 110 valence electrons. The number of benzene rings is 1. The first-order valence-electron chi connectivity index (χ1n) is 5.92. The molecule has 0 atom stereocenters. The van der Waals surface area contributed by atoms with E-state index in [4.69, 9.17) is 5.14 Å². The number of hydrogen-bond acceptors (Lipinski definition) is 4. The number of pyridine rings is 1. The zero-order valence-electron chi connectivity index (χ0n) is 11.1. The Morgan fingerprint density at radius 3 is 2.48 bits per heavy atom. The van der Waals surface area contributed by atoms with Crippen molar-refractivity contribution < 1.29 is 13.2 Å². The molecule has 1 heterocycles. The summed E-state index contributed by atoms with van der Waals surface area (Å²) < 4.78 is 22.8. The van der Waals surface area contributed by atoms with Crippen molar-refractivity contribution in [2.24, 2.45) is 5.14 Å². The number of aromatic nitrogens is 1. The van der Waals surface area contributed by atoms with Crippen LogP contribution in [-0.2, 0) is 10.0 Å². The Hall–Kier alpha value is -2.45. The van der Waals surface area contributed by atoms with Crippen molar-refractivity contribution in [2.75, 3.05) is 5.32 Å². The Labute approximate surface area is 120 Å². The maximum absolute atomic E-state index is 12.0. The maximum atomic E-state index is 12.0. The fraction of sp³-hybridized carbons (Fsp3) is 0.0769. The number of anilines is 1. The molecule has 0 aliphatic carbocycles. The van der Waals surface area contributed by atoms with Crippen LogP contribution in [0.3, 0.4) is 0 Å². The lowest BCUT2D eigenvalue weighted by Crippen LogP contribution is -2.19. The number of rotatable bonds is 3. The molecule has 0 fully saturated rings. The number of nitrogens with one attached hydrogen (secondary N) is 2. The van der Waals surface area contributed by atoms with Crippen molar-refractivity contribution in [1.82, 2.24) is 4.98 Å². The first-order valence-corrected chi connectivity index (χ1v) is 7.47. The lowest BCUT2D eigenvalue weighted by molar-refractivity contribution is 0.102. The number of primary sulfonamides is 1. The third-order valence-corrected chi connectivity index (χ3v) is 3.91. The number of hydrogen-bond donors (Lipinski definition) is 3. The number of carbonyl (C=O) groups excluding carboxylic acids is 1. The highest BCUT2D eigenvalue weighted by atomic mass is 32.2. The number of aromatic amines is 1. The SMILES string of the molecule is Cc1c(NC(=O)c2cccc(=O)[nH]2)cccc1S(N)(=O)=O. The van der Waals surface area contributed by atoms with Gasteiger partial charge in [0.1, 0.15) is 5.69 Å². The Bertz CT molecular complexity index is 856. The average molecular weight is 307 g/mol. The third-order valence-electron chi connectivity index (χ3n) is 2.85. The summed E-state index contributed by atoms with van der Waals surface area (Å²) in [7, 11) is -3.87. The van der Waals surface area contributed by atoms with Crippen LogP contribution in [0.15, 0.2) is 46.1 Å². The quantitative estimate of drug-likeness (QED) is 0.767. The van der Waals surface area contributed by atoms with Gasteiger partial charge in [-0.1, -0.05) is 12.1 Å². The van der Waals surface area contributed by atoms with Crippen LogP contribution in [0.4, 0.5) is 5.69 Å². The van der Waals surface area contributed by atoms with Crippen molar-refractivity contribution >= 4 is 21.6 Å². The molecule has 8 heteroatoms. The Morgan fingerprint density at radius 1 is 1.19 bits per heavy atom. The van der Waals surface area contributed by atoms with E-state index in [1.54, 1.807) is 6.07 Å². The van der Waals surface area contributed by atoms with E-state index in [-0.39, 0.29) is 10.6 Å². The van der Waals surface area contributed by atoms with Crippen molar-refractivity contribution in [2.45, 2.75) is 11.8 Å². The molecule has 1 aromatic heterocycles. The molecular weight excluding hydrogens is 294 g/mol. The number of carbonyl (C=O) groups is 1. The van der Waals surface area contributed by atoms with Gasteiger partial charge in [-0.2, -0.15) is 0 Å². The minimum Gasteiger partial charge on any atom is -0.320 e. The normalized spacial score (nSPS) is 11.1. The predicted octanol–water partition coefficient (Wildman–Crippen LogP) is 0.583. The molecule has 0 aliphatic rings. The molecule has 0 saturated heterocycles. The van der Waals surface area contributed by atoms with Gasteiger partial charge in [0.05, 0.1) is 4.90 Å². The highest BCUT2D eigenvalue weighted by Crippen LogP contribution is 2.22. The molecule has 4 N–H and O–H groups in total. The zero-order chi connectivity index (χ0) is 15.6. The summed E-state index contributed by atoms with van der Waals surface area (Å²) >= 11 is 0. The lowest BCUT2D eigenvalue weighted by atomic mass is 10.2. The molecule has 0 aliphatic heterocycles. The van der Waals surface area contributed by atoms with Crippen LogP contribution in [0.1, 0.15) is 16.1 Å². The van der Waals surface area contributed by atoms with Gasteiger partial charge in [-0.05, 0) is 30.7 Å². The minimum absolute atomic E-state index is 0.0677. The molecule has 0 unspecified atom stereocenters. The van der Waals surface area contributed by atoms with E-state index in [1.807, 2.05) is 0 Å². The summed E-state index contributed by atoms with van der Waals surface area (Å²) in [5.41, 5.74) is 0.295. The first kappa shape index (κ1) is 14.9. The molecule has 2 aromatic rings. The van der Waals surface area contributed by atoms with Gasteiger partial charge in [-0.3, -0.25) is 9.59 Å². The Morgan fingerprint density at radius 2 is 1.86 bits per heavy atom. The molecular formula is C13H13N3O4S. The first-order chi connectivity index (χ1) is 9.79. The molecule has 7 nitrogen and oxygen atoms in total. The fourth-order valence-corrected chi connectivity index (χ4v) is 2.63. The van der Waals surface area contributed by atoms with E-state index < -0.39 is 21.5 Å². The number of sulfonamides is 1. The van der Waals surface area contributed by atoms with E-state index in [1.165, 1.54) is 37.3 Å².